The van der Waals surface area contributed by atoms with Crippen LogP contribution >= 0.6 is 11.3 Å². The zero-order chi connectivity index (χ0) is 18.2. The summed E-state index contributed by atoms with van der Waals surface area (Å²) >= 11 is 1.65. The van der Waals surface area contributed by atoms with Gasteiger partial charge in [0.05, 0.1) is 15.8 Å². The molecule has 3 aromatic rings. The summed E-state index contributed by atoms with van der Waals surface area (Å²) in [6.07, 6.45) is 0. The summed E-state index contributed by atoms with van der Waals surface area (Å²) in [5.74, 6) is -0.307. The average Bonchev–Trinajstić information content (AvgIpc) is 2.96. The van der Waals surface area contributed by atoms with E-state index in [0.29, 0.717) is 5.56 Å². The fraction of sp³-hybridized carbons (Fsp3) is 0.300. The van der Waals surface area contributed by atoms with Crippen LogP contribution in [0.3, 0.4) is 0 Å². The van der Waals surface area contributed by atoms with E-state index in [2.05, 4.69) is 17.0 Å². The molecular formula is C20H22N2O2S. The summed E-state index contributed by atoms with van der Waals surface area (Å²) in [5.41, 5.74) is 3.20. The molecule has 0 saturated heterocycles. The number of esters is 1. The first-order valence-electron chi connectivity index (χ1n) is 8.15. The van der Waals surface area contributed by atoms with Crippen LogP contribution in [0.1, 0.15) is 31.1 Å². The van der Waals surface area contributed by atoms with Gasteiger partial charge in [0.2, 0.25) is 0 Å². The fourth-order valence-corrected chi connectivity index (χ4v) is 3.41. The SMILES string of the molecule is CN(C)c1ccc2nc(-c3ccc(C(=O)OC(C)(C)C)cc3)sc2c1. The van der Waals surface area contributed by atoms with Gasteiger partial charge in [0.25, 0.3) is 0 Å². The first-order valence-corrected chi connectivity index (χ1v) is 8.96. The number of thiazole rings is 1. The van der Waals surface area contributed by atoms with Crippen molar-refractivity contribution in [3.05, 3.63) is 48.0 Å². The smallest absolute Gasteiger partial charge is 0.338 e. The van der Waals surface area contributed by atoms with Gasteiger partial charge >= 0.3 is 5.97 Å². The van der Waals surface area contributed by atoms with E-state index >= 15 is 0 Å². The van der Waals surface area contributed by atoms with E-state index < -0.39 is 5.60 Å². The minimum atomic E-state index is -0.493. The van der Waals surface area contributed by atoms with Gasteiger partial charge in [-0.2, -0.15) is 0 Å². The molecule has 1 heterocycles. The Kier molecular flexibility index (Phi) is 4.52. The van der Waals surface area contributed by atoms with Gasteiger partial charge in [-0.3, -0.25) is 0 Å². The molecule has 0 fully saturated rings. The predicted molar refractivity (Wildman–Crippen MR) is 105 cm³/mol. The molecule has 0 amide bonds. The average molecular weight is 354 g/mol. The van der Waals surface area contributed by atoms with Gasteiger partial charge in [-0.05, 0) is 51.1 Å². The second kappa shape index (κ2) is 6.48. The number of carbonyl (C=O) groups excluding carboxylic acids is 1. The lowest BCUT2D eigenvalue weighted by Crippen LogP contribution is -2.23. The first kappa shape index (κ1) is 17.4. The van der Waals surface area contributed by atoms with Crippen molar-refractivity contribution >= 4 is 33.2 Å². The van der Waals surface area contributed by atoms with Crippen LogP contribution in [-0.4, -0.2) is 30.6 Å². The second-order valence-electron chi connectivity index (χ2n) is 7.14. The van der Waals surface area contributed by atoms with E-state index in [9.17, 15) is 4.79 Å². The third kappa shape index (κ3) is 3.99. The molecule has 1 aromatic heterocycles. The van der Waals surface area contributed by atoms with Gasteiger partial charge in [0, 0.05) is 25.3 Å². The molecule has 0 unspecified atom stereocenters. The monoisotopic (exact) mass is 354 g/mol. The first-order chi connectivity index (χ1) is 11.7. The van der Waals surface area contributed by atoms with Crippen molar-refractivity contribution < 1.29 is 9.53 Å². The highest BCUT2D eigenvalue weighted by Crippen LogP contribution is 2.32. The van der Waals surface area contributed by atoms with Gasteiger partial charge in [0.1, 0.15) is 10.6 Å². The van der Waals surface area contributed by atoms with E-state index in [4.69, 9.17) is 9.72 Å². The Balaban J connectivity index is 1.87. The number of anilines is 1. The number of hydrogen-bond donors (Lipinski definition) is 0. The maximum Gasteiger partial charge on any atom is 0.338 e. The minimum absolute atomic E-state index is 0.307. The van der Waals surface area contributed by atoms with Crippen molar-refractivity contribution in [3.63, 3.8) is 0 Å². The summed E-state index contributed by atoms with van der Waals surface area (Å²) in [4.78, 5) is 18.9. The molecule has 4 nitrogen and oxygen atoms in total. The third-order valence-corrected chi connectivity index (χ3v) is 4.72. The zero-order valence-electron chi connectivity index (χ0n) is 15.2. The van der Waals surface area contributed by atoms with Crippen molar-refractivity contribution in [2.75, 3.05) is 19.0 Å². The Morgan fingerprint density at radius 1 is 1.08 bits per heavy atom. The highest BCUT2D eigenvalue weighted by atomic mass is 32.1. The Hall–Kier alpha value is -2.40. The minimum Gasteiger partial charge on any atom is -0.456 e. The van der Waals surface area contributed by atoms with Crippen molar-refractivity contribution in [1.82, 2.24) is 4.98 Å². The molecule has 5 heteroatoms. The van der Waals surface area contributed by atoms with Crippen molar-refractivity contribution in [1.29, 1.82) is 0 Å². The van der Waals surface area contributed by atoms with Crippen LogP contribution in [0.25, 0.3) is 20.8 Å². The fourth-order valence-electron chi connectivity index (χ4n) is 2.40. The van der Waals surface area contributed by atoms with E-state index in [0.717, 1.165) is 26.5 Å². The van der Waals surface area contributed by atoms with Crippen LogP contribution in [0, 0.1) is 0 Å². The maximum absolute atomic E-state index is 12.1. The molecule has 0 spiro atoms. The van der Waals surface area contributed by atoms with Gasteiger partial charge < -0.3 is 9.64 Å². The normalized spacial score (nSPS) is 11.6. The van der Waals surface area contributed by atoms with Crippen LogP contribution < -0.4 is 4.90 Å². The Morgan fingerprint density at radius 3 is 2.36 bits per heavy atom. The standard InChI is InChI=1S/C20H22N2O2S/c1-20(2,3)24-19(23)14-8-6-13(7-9-14)18-21-16-11-10-15(22(4)5)12-17(16)25-18/h6-12H,1-5H3. The lowest BCUT2D eigenvalue weighted by molar-refractivity contribution is 0.00696. The lowest BCUT2D eigenvalue weighted by atomic mass is 10.1. The second-order valence-corrected chi connectivity index (χ2v) is 8.18. The molecule has 0 aliphatic rings. The van der Waals surface area contributed by atoms with E-state index in [-0.39, 0.29) is 5.97 Å². The number of benzene rings is 2. The highest BCUT2D eigenvalue weighted by molar-refractivity contribution is 7.21. The molecule has 0 atom stereocenters. The maximum atomic E-state index is 12.1. The third-order valence-electron chi connectivity index (χ3n) is 3.65. The summed E-state index contributed by atoms with van der Waals surface area (Å²) in [7, 11) is 4.05. The summed E-state index contributed by atoms with van der Waals surface area (Å²) in [6.45, 7) is 5.59. The van der Waals surface area contributed by atoms with Gasteiger partial charge in [0.15, 0.2) is 0 Å². The topological polar surface area (TPSA) is 42.4 Å². The van der Waals surface area contributed by atoms with Crippen LogP contribution in [0.15, 0.2) is 42.5 Å². The zero-order valence-corrected chi connectivity index (χ0v) is 16.0. The van der Waals surface area contributed by atoms with E-state index in [1.807, 2.05) is 53.1 Å². The molecule has 0 saturated carbocycles. The Labute approximate surface area is 152 Å². The molecule has 2 aromatic carbocycles. The van der Waals surface area contributed by atoms with Crippen molar-refractivity contribution in [3.8, 4) is 10.6 Å². The van der Waals surface area contributed by atoms with E-state index in [1.54, 1.807) is 23.5 Å². The quantitative estimate of drug-likeness (QED) is 0.622. The number of hydrogen-bond acceptors (Lipinski definition) is 5. The Bertz CT molecular complexity index is 906. The van der Waals surface area contributed by atoms with E-state index in [1.165, 1.54) is 0 Å². The predicted octanol–water partition coefficient (Wildman–Crippen LogP) is 4.98. The van der Waals surface area contributed by atoms with Crippen molar-refractivity contribution in [2.45, 2.75) is 26.4 Å². The molecule has 25 heavy (non-hydrogen) atoms. The summed E-state index contributed by atoms with van der Waals surface area (Å²) in [6, 6.07) is 13.7. The molecule has 3 rings (SSSR count). The van der Waals surface area contributed by atoms with Gasteiger partial charge in [-0.15, -0.1) is 11.3 Å². The highest BCUT2D eigenvalue weighted by Gasteiger charge is 2.18. The van der Waals surface area contributed by atoms with Gasteiger partial charge in [-0.25, -0.2) is 9.78 Å². The van der Waals surface area contributed by atoms with Crippen LogP contribution in [-0.2, 0) is 4.74 Å². The van der Waals surface area contributed by atoms with Gasteiger partial charge in [-0.1, -0.05) is 12.1 Å². The molecule has 0 N–H and O–H groups in total. The number of aromatic nitrogens is 1. The number of carbonyl (C=O) groups is 1. The molecule has 0 aliphatic heterocycles. The molecule has 0 aliphatic carbocycles. The van der Waals surface area contributed by atoms with Crippen LogP contribution in [0.5, 0.6) is 0 Å². The van der Waals surface area contributed by atoms with Crippen LogP contribution in [0.2, 0.25) is 0 Å². The lowest BCUT2D eigenvalue weighted by Gasteiger charge is -2.19. The number of ether oxygens (including phenoxy) is 1. The number of rotatable bonds is 3. The van der Waals surface area contributed by atoms with Crippen LogP contribution in [0.4, 0.5) is 5.69 Å². The number of fused-ring (bicyclic) bond motifs is 1. The number of nitrogens with zero attached hydrogens (tertiary/aromatic N) is 2. The molecule has 130 valence electrons. The largest absolute Gasteiger partial charge is 0.456 e. The van der Waals surface area contributed by atoms with Crippen molar-refractivity contribution in [2.24, 2.45) is 0 Å². The summed E-state index contributed by atoms with van der Waals surface area (Å²) < 4.78 is 6.55. The molecular weight excluding hydrogens is 332 g/mol. The summed E-state index contributed by atoms with van der Waals surface area (Å²) in [5, 5.41) is 0.946. The molecule has 0 radical (unpaired) electrons. The molecule has 0 bridgehead atoms. The Morgan fingerprint density at radius 2 is 1.76 bits per heavy atom.